The Morgan fingerprint density at radius 2 is 2.33 bits per heavy atom. The third-order valence-corrected chi connectivity index (χ3v) is 3.33. The molecule has 0 aliphatic rings. The number of aromatic nitrogens is 2. The molecule has 5 nitrogen and oxygen atoms in total. The lowest BCUT2D eigenvalue weighted by Gasteiger charge is -2.03. The Balaban J connectivity index is 2.44. The van der Waals surface area contributed by atoms with Crippen LogP contribution in [-0.2, 0) is 16.1 Å². The highest BCUT2D eigenvalue weighted by Gasteiger charge is 2.13. The summed E-state index contributed by atoms with van der Waals surface area (Å²) in [5, 5.41) is 0. The molecule has 2 heterocycles. The van der Waals surface area contributed by atoms with Crippen LogP contribution >= 0.6 is 22.6 Å². The van der Waals surface area contributed by atoms with Gasteiger partial charge in [-0.15, -0.1) is 0 Å². The van der Waals surface area contributed by atoms with Crippen molar-refractivity contribution in [1.29, 1.82) is 0 Å². The van der Waals surface area contributed by atoms with Crippen molar-refractivity contribution in [2.45, 2.75) is 13.5 Å². The smallest absolute Gasteiger partial charge is 0.338 e. The normalized spacial score (nSPS) is 10.8. The molecular formula is C12H13IN2O3. The first-order valence-corrected chi connectivity index (χ1v) is 6.57. The Labute approximate surface area is 118 Å². The minimum Gasteiger partial charge on any atom is -0.462 e. The van der Waals surface area contributed by atoms with Crippen LogP contribution in [-0.4, -0.2) is 29.1 Å². The standard InChI is InChI=1S/C12H13IN2O3/c1-3-18-12(16)8-4-5-15-9(7-17-2)11(13)14-10(15)6-8/h4-6H,3,7H2,1-2H3. The molecule has 0 saturated carbocycles. The summed E-state index contributed by atoms with van der Waals surface area (Å²) in [6, 6.07) is 3.45. The van der Waals surface area contributed by atoms with Gasteiger partial charge in [0.05, 0.1) is 24.5 Å². The van der Waals surface area contributed by atoms with Crippen molar-refractivity contribution in [3.8, 4) is 0 Å². The minimum atomic E-state index is -0.328. The molecule has 0 amide bonds. The van der Waals surface area contributed by atoms with Gasteiger partial charge in [0, 0.05) is 13.3 Å². The number of halogens is 1. The van der Waals surface area contributed by atoms with Gasteiger partial charge in [-0.25, -0.2) is 9.78 Å². The Hall–Kier alpha value is -1.15. The summed E-state index contributed by atoms with van der Waals surface area (Å²) in [5.74, 6) is -0.328. The quantitative estimate of drug-likeness (QED) is 0.620. The number of hydrogen-bond acceptors (Lipinski definition) is 4. The van der Waals surface area contributed by atoms with Gasteiger partial charge < -0.3 is 13.9 Å². The summed E-state index contributed by atoms with van der Waals surface area (Å²) in [6.45, 7) is 2.63. The number of imidazole rings is 1. The largest absolute Gasteiger partial charge is 0.462 e. The van der Waals surface area contributed by atoms with Gasteiger partial charge in [0.15, 0.2) is 0 Å². The third kappa shape index (κ3) is 2.49. The van der Waals surface area contributed by atoms with Crippen LogP contribution in [0.1, 0.15) is 23.0 Å². The molecule has 0 aliphatic carbocycles. The van der Waals surface area contributed by atoms with E-state index in [-0.39, 0.29) is 5.97 Å². The van der Waals surface area contributed by atoms with Crippen LogP contribution in [0.5, 0.6) is 0 Å². The summed E-state index contributed by atoms with van der Waals surface area (Å²) in [4.78, 5) is 16.0. The predicted octanol–water partition coefficient (Wildman–Crippen LogP) is 2.26. The Kier molecular flexibility index (Phi) is 4.18. The Morgan fingerprint density at radius 3 is 3.00 bits per heavy atom. The Bertz CT molecular complexity index is 580. The first kappa shape index (κ1) is 13.3. The van der Waals surface area contributed by atoms with E-state index in [2.05, 4.69) is 27.6 Å². The van der Waals surface area contributed by atoms with Gasteiger partial charge in [-0.2, -0.15) is 0 Å². The fourth-order valence-corrected chi connectivity index (χ4v) is 2.34. The van der Waals surface area contributed by atoms with E-state index in [1.54, 1.807) is 26.2 Å². The maximum Gasteiger partial charge on any atom is 0.338 e. The highest BCUT2D eigenvalue weighted by atomic mass is 127. The van der Waals surface area contributed by atoms with E-state index >= 15 is 0 Å². The Morgan fingerprint density at radius 1 is 1.56 bits per heavy atom. The lowest BCUT2D eigenvalue weighted by Crippen LogP contribution is -2.05. The van der Waals surface area contributed by atoms with Crippen molar-refractivity contribution >= 4 is 34.2 Å². The molecule has 0 N–H and O–H groups in total. The molecule has 6 heteroatoms. The van der Waals surface area contributed by atoms with Gasteiger partial charge in [-0.1, -0.05) is 0 Å². The van der Waals surface area contributed by atoms with Crippen LogP contribution < -0.4 is 0 Å². The van der Waals surface area contributed by atoms with Crippen molar-refractivity contribution in [1.82, 2.24) is 9.38 Å². The van der Waals surface area contributed by atoms with Gasteiger partial charge >= 0.3 is 5.97 Å². The fraction of sp³-hybridized carbons (Fsp3) is 0.333. The average Bonchev–Trinajstić information content (AvgIpc) is 2.66. The summed E-state index contributed by atoms with van der Waals surface area (Å²) >= 11 is 2.15. The summed E-state index contributed by atoms with van der Waals surface area (Å²) in [6.07, 6.45) is 1.81. The minimum absolute atomic E-state index is 0.328. The molecule has 2 aromatic heterocycles. The second-order valence-corrected chi connectivity index (χ2v) is 4.67. The van der Waals surface area contributed by atoms with E-state index in [9.17, 15) is 4.79 Å². The monoisotopic (exact) mass is 360 g/mol. The molecule has 0 radical (unpaired) electrons. The molecular weight excluding hydrogens is 347 g/mol. The topological polar surface area (TPSA) is 52.8 Å². The molecule has 0 aliphatic heterocycles. The zero-order valence-corrected chi connectivity index (χ0v) is 12.3. The van der Waals surface area contributed by atoms with Gasteiger partial charge in [-0.05, 0) is 41.6 Å². The molecule has 0 atom stereocenters. The summed E-state index contributed by atoms with van der Waals surface area (Å²) in [7, 11) is 1.64. The number of methoxy groups -OCH3 is 1. The molecule has 0 aromatic carbocycles. The molecule has 0 bridgehead atoms. The number of fused-ring (bicyclic) bond motifs is 1. The maximum atomic E-state index is 11.6. The molecule has 0 saturated heterocycles. The molecule has 18 heavy (non-hydrogen) atoms. The van der Waals surface area contributed by atoms with Crippen molar-refractivity contribution in [3.63, 3.8) is 0 Å². The van der Waals surface area contributed by atoms with E-state index in [1.807, 2.05) is 10.6 Å². The molecule has 0 unspecified atom stereocenters. The lowest BCUT2D eigenvalue weighted by atomic mass is 10.2. The van der Waals surface area contributed by atoms with Crippen LogP contribution in [0.25, 0.3) is 5.65 Å². The molecule has 0 spiro atoms. The zero-order chi connectivity index (χ0) is 13.1. The summed E-state index contributed by atoms with van der Waals surface area (Å²) < 4.78 is 12.9. The van der Waals surface area contributed by atoms with Gasteiger partial charge in [0.2, 0.25) is 0 Å². The van der Waals surface area contributed by atoms with Crippen LogP contribution in [0.2, 0.25) is 0 Å². The third-order valence-electron chi connectivity index (χ3n) is 2.47. The predicted molar refractivity (Wildman–Crippen MR) is 74.6 cm³/mol. The van der Waals surface area contributed by atoms with Crippen molar-refractivity contribution in [2.75, 3.05) is 13.7 Å². The average molecular weight is 360 g/mol. The van der Waals surface area contributed by atoms with Crippen LogP contribution in [0.3, 0.4) is 0 Å². The number of ether oxygens (including phenoxy) is 2. The van der Waals surface area contributed by atoms with E-state index in [4.69, 9.17) is 9.47 Å². The second-order valence-electron chi connectivity index (χ2n) is 3.65. The van der Waals surface area contributed by atoms with Gasteiger partial charge in [0.25, 0.3) is 0 Å². The van der Waals surface area contributed by atoms with Crippen LogP contribution in [0.4, 0.5) is 0 Å². The highest BCUT2D eigenvalue weighted by molar-refractivity contribution is 14.1. The number of carbonyl (C=O) groups is 1. The van der Waals surface area contributed by atoms with E-state index in [1.165, 1.54) is 0 Å². The molecule has 2 rings (SSSR count). The van der Waals surface area contributed by atoms with Gasteiger partial charge in [0.1, 0.15) is 9.35 Å². The van der Waals surface area contributed by atoms with Crippen molar-refractivity contribution < 1.29 is 14.3 Å². The number of pyridine rings is 1. The summed E-state index contributed by atoms with van der Waals surface area (Å²) in [5.41, 5.74) is 2.20. The molecule has 2 aromatic rings. The number of rotatable bonds is 4. The van der Waals surface area contributed by atoms with Crippen LogP contribution in [0.15, 0.2) is 18.3 Å². The highest BCUT2D eigenvalue weighted by Crippen LogP contribution is 2.17. The first-order valence-electron chi connectivity index (χ1n) is 5.50. The first-order chi connectivity index (χ1) is 8.67. The van der Waals surface area contributed by atoms with Gasteiger partial charge in [-0.3, -0.25) is 0 Å². The van der Waals surface area contributed by atoms with E-state index < -0.39 is 0 Å². The zero-order valence-electron chi connectivity index (χ0n) is 10.1. The fourth-order valence-electron chi connectivity index (χ4n) is 1.67. The second kappa shape index (κ2) is 5.66. The number of carbonyl (C=O) groups excluding carboxylic acids is 1. The van der Waals surface area contributed by atoms with Crippen LogP contribution in [0, 0.1) is 3.70 Å². The van der Waals surface area contributed by atoms with E-state index in [0.717, 1.165) is 15.0 Å². The van der Waals surface area contributed by atoms with Crippen molar-refractivity contribution in [3.05, 3.63) is 33.3 Å². The SMILES string of the molecule is CCOC(=O)c1ccn2c(COC)c(I)nc2c1. The number of esters is 1. The molecule has 96 valence electrons. The molecule has 0 fully saturated rings. The maximum absolute atomic E-state index is 11.6. The lowest BCUT2D eigenvalue weighted by molar-refractivity contribution is 0.0526. The van der Waals surface area contributed by atoms with Crippen molar-refractivity contribution in [2.24, 2.45) is 0 Å². The number of hydrogen-bond donors (Lipinski definition) is 0. The number of nitrogens with zero attached hydrogens (tertiary/aromatic N) is 2. The van der Waals surface area contributed by atoms with E-state index in [0.29, 0.717) is 18.8 Å².